The molecule has 29 heavy (non-hydrogen) atoms. The van der Waals surface area contributed by atoms with E-state index in [1.165, 1.54) is 27.2 Å². The number of nitrogens with one attached hydrogen (secondary N) is 1. The summed E-state index contributed by atoms with van der Waals surface area (Å²) < 4.78 is 1.46. The van der Waals surface area contributed by atoms with Gasteiger partial charge in [0.05, 0.1) is 5.75 Å². The maximum atomic E-state index is 12.2. The summed E-state index contributed by atoms with van der Waals surface area (Å²) in [5.74, 6) is 6.94. The van der Waals surface area contributed by atoms with Gasteiger partial charge in [0.2, 0.25) is 11.1 Å². The highest BCUT2D eigenvalue weighted by Gasteiger charge is 2.14. The van der Waals surface area contributed by atoms with E-state index in [0.717, 1.165) is 16.8 Å². The summed E-state index contributed by atoms with van der Waals surface area (Å²) in [4.78, 5) is 12.2. The first-order valence-corrected chi connectivity index (χ1v) is 10.2. The lowest BCUT2D eigenvalue weighted by molar-refractivity contribution is -0.113. The number of amides is 1. The molecule has 1 heterocycles. The second-order valence-corrected chi connectivity index (χ2v) is 7.73. The zero-order valence-corrected chi connectivity index (χ0v) is 16.8. The molecular weight excluding hydrogens is 382 g/mol. The highest BCUT2D eigenvalue weighted by atomic mass is 32.2. The number of fused-ring (bicyclic) bond motifs is 1. The smallest absolute Gasteiger partial charge is 0.234 e. The second-order valence-electron chi connectivity index (χ2n) is 6.79. The van der Waals surface area contributed by atoms with E-state index >= 15 is 0 Å². The van der Waals surface area contributed by atoms with Crippen LogP contribution >= 0.6 is 11.8 Å². The van der Waals surface area contributed by atoms with E-state index < -0.39 is 0 Å². The van der Waals surface area contributed by atoms with Crippen molar-refractivity contribution in [2.75, 3.05) is 16.9 Å². The van der Waals surface area contributed by atoms with Crippen LogP contribution < -0.4 is 11.2 Å². The fraction of sp³-hybridized carbons (Fsp3) is 0.136. The van der Waals surface area contributed by atoms with Crippen LogP contribution in [0.5, 0.6) is 0 Å². The molecule has 0 radical (unpaired) electrons. The van der Waals surface area contributed by atoms with Gasteiger partial charge in [-0.05, 0) is 35.4 Å². The summed E-state index contributed by atoms with van der Waals surface area (Å²) in [6.07, 6.45) is 0.570. The first kappa shape index (κ1) is 19.0. The molecule has 0 saturated heterocycles. The number of nitrogen functional groups attached to an aromatic ring is 1. The third-order valence-electron chi connectivity index (χ3n) is 4.63. The van der Waals surface area contributed by atoms with Gasteiger partial charge in [-0.15, -0.1) is 10.2 Å². The molecular formula is C22H21N5OS. The number of carbonyl (C=O) groups excluding carboxylic acids is 1. The Balaban J connectivity index is 1.42. The van der Waals surface area contributed by atoms with Crippen LogP contribution in [0.25, 0.3) is 10.8 Å². The van der Waals surface area contributed by atoms with Crippen molar-refractivity contribution < 1.29 is 4.79 Å². The molecule has 0 fully saturated rings. The van der Waals surface area contributed by atoms with Crippen LogP contribution in [-0.2, 0) is 11.2 Å². The van der Waals surface area contributed by atoms with Gasteiger partial charge < -0.3 is 11.2 Å². The van der Waals surface area contributed by atoms with E-state index in [4.69, 9.17) is 5.84 Å². The molecule has 0 aliphatic heterocycles. The summed E-state index contributed by atoms with van der Waals surface area (Å²) in [6.45, 7) is 2.01. The Hall–Kier alpha value is -3.32. The van der Waals surface area contributed by atoms with Gasteiger partial charge in [-0.1, -0.05) is 71.9 Å². The normalized spacial score (nSPS) is 10.9. The number of hydrogen-bond acceptors (Lipinski definition) is 5. The minimum absolute atomic E-state index is 0.113. The van der Waals surface area contributed by atoms with E-state index in [0.29, 0.717) is 17.4 Å². The minimum atomic E-state index is -0.113. The highest BCUT2D eigenvalue weighted by Crippen LogP contribution is 2.22. The van der Waals surface area contributed by atoms with Crippen LogP contribution in [0.4, 0.5) is 5.69 Å². The molecule has 0 atom stereocenters. The Morgan fingerprint density at radius 2 is 1.79 bits per heavy atom. The van der Waals surface area contributed by atoms with Crippen molar-refractivity contribution in [3.63, 3.8) is 0 Å². The van der Waals surface area contributed by atoms with Gasteiger partial charge in [-0.2, -0.15) is 0 Å². The molecule has 1 aromatic heterocycles. The molecule has 0 spiro atoms. The first-order valence-electron chi connectivity index (χ1n) is 9.25. The Kier molecular flexibility index (Phi) is 5.48. The van der Waals surface area contributed by atoms with Crippen LogP contribution in [0.2, 0.25) is 0 Å². The lowest BCUT2D eigenvalue weighted by Crippen LogP contribution is -2.17. The quantitative estimate of drug-likeness (QED) is 0.378. The van der Waals surface area contributed by atoms with Crippen molar-refractivity contribution >= 4 is 34.1 Å². The number of hydrogen-bond donors (Lipinski definition) is 2. The number of aryl methyl sites for hydroxylation is 1. The monoisotopic (exact) mass is 403 g/mol. The summed E-state index contributed by atoms with van der Waals surface area (Å²) in [5, 5.41) is 14.1. The van der Waals surface area contributed by atoms with Crippen molar-refractivity contribution in [1.82, 2.24) is 14.9 Å². The molecule has 1 amide bonds. The molecule has 7 heteroatoms. The molecule has 4 aromatic rings. The zero-order chi connectivity index (χ0) is 20.2. The van der Waals surface area contributed by atoms with Crippen molar-refractivity contribution in [3.05, 3.63) is 83.7 Å². The lowest BCUT2D eigenvalue weighted by atomic mass is 10.0. The number of nitrogens with zero attached hydrogens (tertiary/aromatic N) is 3. The van der Waals surface area contributed by atoms with Gasteiger partial charge in [-0.25, -0.2) is 4.68 Å². The van der Waals surface area contributed by atoms with Gasteiger partial charge >= 0.3 is 0 Å². The summed E-state index contributed by atoms with van der Waals surface area (Å²) in [6, 6.07) is 22.1. The van der Waals surface area contributed by atoms with E-state index in [1.807, 2.05) is 49.4 Å². The highest BCUT2D eigenvalue weighted by molar-refractivity contribution is 7.99. The summed E-state index contributed by atoms with van der Waals surface area (Å²) in [5.41, 5.74) is 3.05. The topological polar surface area (TPSA) is 85.8 Å². The SMILES string of the molecule is Cc1ccc(NC(=O)CSc2nnc(Cc3cccc4ccccc34)n2N)cc1. The van der Waals surface area contributed by atoms with Crippen LogP contribution in [0.15, 0.2) is 71.9 Å². The number of aromatic nitrogens is 3. The number of rotatable bonds is 6. The van der Waals surface area contributed by atoms with Crippen LogP contribution in [0, 0.1) is 6.92 Å². The molecule has 0 saturated carbocycles. The third kappa shape index (κ3) is 4.41. The first-order chi connectivity index (χ1) is 14.1. The summed E-state index contributed by atoms with van der Waals surface area (Å²) >= 11 is 1.26. The van der Waals surface area contributed by atoms with Gasteiger partial charge in [0, 0.05) is 12.1 Å². The number of nitrogens with two attached hydrogens (primary N) is 1. The predicted molar refractivity (Wildman–Crippen MR) is 117 cm³/mol. The van der Waals surface area contributed by atoms with Crippen LogP contribution in [0.1, 0.15) is 17.0 Å². The van der Waals surface area contributed by atoms with E-state index in [-0.39, 0.29) is 11.7 Å². The fourth-order valence-electron chi connectivity index (χ4n) is 3.11. The zero-order valence-electron chi connectivity index (χ0n) is 16.0. The summed E-state index contributed by atoms with van der Waals surface area (Å²) in [7, 11) is 0. The molecule has 146 valence electrons. The van der Waals surface area contributed by atoms with Crippen molar-refractivity contribution in [2.45, 2.75) is 18.5 Å². The molecule has 0 aliphatic rings. The van der Waals surface area contributed by atoms with Crippen LogP contribution in [0.3, 0.4) is 0 Å². The molecule has 3 N–H and O–H groups in total. The average Bonchev–Trinajstić information content (AvgIpc) is 3.08. The standard InChI is InChI=1S/C22H21N5OS/c1-15-9-11-18(12-10-15)24-21(28)14-29-22-26-25-20(27(22)23)13-17-7-4-6-16-5-2-3-8-19(16)17/h2-12H,13-14,23H2,1H3,(H,24,28). The van der Waals surface area contributed by atoms with Crippen LogP contribution in [-0.4, -0.2) is 26.5 Å². The molecule has 4 rings (SSSR count). The molecule has 0 aliphatic carbocycles. The molecule has 6 nitrogen and oxygen atoms in total. The van der Waals surface area contributed by atoms with Gasteiger partial charge in [0.1, 0.15) is 0 Å². The number of carbonyl (C=O) groups is 1. The van der Waals surface area contributed by atoms with Gasteiger partial charge in [-0.3, -0.25) is 4.79 Å². The average molecular weight is 404 g/mol. The molecule has 0 bridgehead atoms. The van der Waals surface area contributed by atoms with E-state index in [1.54, 1.807) is 0 Å². The number of benzene rings is 3. The third-order valence-corrected chi connectivity index (χ3v) is 5.57. The van der Waals surface area contributed by atoms with E-state index in [9.17, 15) is 4.79 Å². The Morgan fingerprint density at radius 1 is 1.03 bits per heavy atom. The second kappa shape index (κ2) is 8.36. The Morgan fingerprint density at radius 3 is 2.62 bits per heavy atom. The van der Waals surface area contributed by atoms with E-state index in [2.05, 4.69) is 39.8 Å². The van der Waals surface area contributed by atoms with Crippen molar-refractivity contribution in [3.8, 4) is 0 Å². The van der Waals surface area contributed by atoms with Gasteiger partial charge in [0.25, 0.3) is 0 Å². The lowest BCUT2D eigenvalue weighted by Gasteiger charge is -2.07. The predicted octanol–water partition coefficient (Wildman–Crippen LogP) is 3.78. The number of thioether (sulfide) groups is 1. The number of anilines is 1. The maximum Gasteiger partial charge on any atom is 0.234 e. The molecule has 3 aromatic carbocycles. The fourth-order valence-corrected chi connectivity index (χ4v) is 3.78. The Bertz CT molecular complexity index is 1150. The maximum absolute atomic E-state index is 12.2. The van der Waals surface area contributed by atoms with Crippen molar-refractivity contribution in [1.29, 1.82) is 0 Å². The van der Waals surface area contributed by atoms with Crippen molar-refractivity contribution in [2.24, 2.45) is 0 Å². The minimum Gasteiger partial charge on any atom is -0.336 e. The largest absolute Gasteiger partial charge is 0.336 e. The Labute approximate surface area is 173 Å². The molecule has 0 unspecified atom stereocenters. The van der Waals surface area contributed by atoms with Gasteiger partial charge in [0.15, 0.2) is 5.82 Å².